The molecule has 1 amide bonds. The van der Waals surface area contributed by atoms with Crippen LogP contribution in [0.15, 0.2) is 0 Å². The van der Waals surface area contributed by atoms with Gasteiger partial charge in [0.25, 0.3) is 0 Å². The monoisotopic (exact) mass is 212 g/mol. The Labute approximate surface area is 92.8 Å². The summed E-state index contributed by atoms with van der Waals surface area (Å²) < 4.78 is 0. The van der Waals surface area contributed by atoms with Crippen molar-refractivity contribution in [3.8, 4) is 0 Å². The molecule has 1 aliphatic rings. The van der Waals surface area contributed by atoms with Gasteiger partial charge < -0.3 is 11.1 Å². The van der Waals surface area contributed by atoms with E-state index in [-0.39, 0.29) is 11.9 Å². The molecule has 0 aromatic rings. The average Bonchev–Trinajstić information content (AvgIpc) is 2.75. The minimum absolute atomic E-state index is 0.00363. The van der Waals surface area contributed by atoms with Crippen LogP contribution in [0.3, 0.4) is 0 Å². The summed E-state index contributed by atoms with van der Waals surface area (Å²) in [6.07, 6.45) is 8.67. The lowest BCUT2D eigenvalue weighted by Crippen LogP contribution is -2.40. The van der Waals surface area contributed by atoms with Crippen molar-refractivity contribution in [1.29, 1.82) is 0 Å². The Balaban J connectivity index is 1.98. The molecule has 0 bridgehead atoms. The van der Waals surface area contributed by atoms with E-state index in [0.29, 0.717) is 6.42 Å². The van der Waals surface area contributed by atoms with Crippen LogP contribution >= 0.6 is 0 Å². The van der Waals surface area contributed by atoms with Crippen LogP contribution in [0, 0.1) is 5.92 Å². The third-order valence-electron chi connectivity index (χ3n) is 3.34. The molecule has 0 saturated heterocycles. The van der Waals surface area contributed by atoms with E-state index in [9.17, 15) is 4.79 Å². The fourth-order valence-electron chi connectivity index (χ4n) is 2.22. The van der Waals surface area contributed by atoms with E-state index in [1.807, 2.05) is 6.92 Å². The highest BCUT2D eigenvalue weighted by Crippen LogP contribution is 2.28. The van der Waals surface area contributed by atoms with Gasteiger partial charge in [-0.1, -0.05) is 32.6 Å². The van der Waals surface area contributed by atoms with Crippen molar-refractivity contribution in [2.75, 3.05) is 6.54 Å². The third-order valence-corrected chi connectivity index (χ3v) is 3.34. The maximum Gasteiger partial charge on any atom is 0.236 e. The molecule has 3 N–H and O–H groups in total. The topological polar surface area (TPSA) is 55.1 Å². The van der Waals surface area contributed by atoms with Gasteiger partial charge in [0.05, 0.1) is 6.04 Å². The summed E-state index contributed by atoms with van der Waals surface area (Å²) in [7, 11) is 0. The Bertz CT molecular complexity index is 188. The molecule has 0 radical (unpaired) electrons. The summed E-state index contributed by atoms with van der Waals surface area (Å²) >= 11 is 0. The lowest BCUT2D eigenvalue weighted by molar-refractivity contribution is -0.122. The molecule has 1 saturated carbocycles. The summed E-state index contributed by atoms with van der Waals surface area (Å²) in [4.78, 5) is 11.3. The van der Waals surface area contributed by atoms with Gasteiger partial charge in [-0.15, -0.1) is 0 Å². The Kier molecular flexibility index (Phi) is 5.69. The van der Waals surface area contributed by atoms with E-state index < -0.39 is 0 Å². The highest BCUT2D eigenvalue weighted by molar-refractivity contribution is 5.81. The van der Waals surface area contributed by atoms with Crippen molar-refractivity contribution in [2.45, 2.75) is 57.9 Å². The minimum atomic E-state index is -0.323. The van der Waals surface area contributed by atoms with E-state index in [2.05, 4.69) is 5.32 Å². The quantitative estimate of drug-likeness (QED) is 0.660. The van der Waals surface area contributed by atoms with Gasteiger partial charge >= 0.3 is 0 Å². The number of nitrogens with two attached hydrogens (primary N) is 1. The maximum atomic E-state index is 11.3. The molecule has 1 fully saturated rings. The van der Waals surface area contributed by atoms with Crippen LogP contribution in [-0.4, -0.2) is 18.5 Å². The van der Waals surface area contributed by atoms with E-state index in [1.54, 1.807) is 0 Å². The van der Waals surface area contributed by atoms with Gasteiger partial charge in [-0.05, 0) is 25.2 Å². The second kappa shape index (κ2) is 6.83. The molecule has 0 unspecified atom stereocenters. The van der Waals surface area contributed by atoms with Crippen molar-refractivity contribution in [3.63, 3.8) is 0 Å². The molecule has 0 spiro atoms. The van der Waals surface area contributed by atoms with Crippen LogP contribution in [0.2, 0.25) is 0 Å². The van der Waals surface area contributed by atoms with Crippen molar-refractivity contribution < 1.29 is 4.79 Å². The number of rotatable bonds is 6. The first kappa shape index (κ1) is 12.5. The van der Waals surface area contributed by atoms with E-state index in [4.69, 9.17) is 5.73 Å². The van der Waals surface area contributed by atoms with E-state index in [0.717, 1.165) is 18.9 Å². The molecular formula is C12H24N2O. The molecule has 88 valence electrons. The largest absolute Gasteiger partial charge is 0.355 e. The highest BCUT2D eigenvalue weighted by Gasteiger charge is 2.14. The van der Waals surface area contributed by atoms with Gasteiger partial charge in [0.15, 0.2) is 0 Å². The number of hydrogen-bond donors (Lipinski definition) is 2. The van der Waals surface area contributed by atoms with Crippen LogP contribution in [0.4, 0.5) is 0 Å². The first-order chi connectivity index (χ1) is 7.24. The Morgan fingerprint density at radius 2 is 2.13 bits per heavy atom. The summed E-state index contributed by atoms with van der Waals surface area (Å²) in [5, 5.41) is 2.89. The second-order valence-electron chi connectivity index (χ2n) is 4.60. The SMILES string of the molecule is CC[C@@H](N)C(=O)NCCCC1CCCC1. The molecule has 1 aliphatic carbocycles. The fraction of sp³-hybridized carbons (Fsp3) is 0.917. The molecule has 3 heteroatoms. The van der Waals surface area contributed by atoms with Gasteiger partial charge in [0.2, 0.25) is 5.91 Å². The summed E-state index contributed by atoms with van der Waals surface area (Å²) in [6, 6.07) is -0.323. The summed E-state index contributed by atoms with van der Waals surface area (Å²) in [5.41, 5.74) is 5.61. The van der Waals surface area contributed by atoms with Crippen LogP contribution in [-0.2, 0) is 4.79 Å². The second-order valence-corrected chi connectivity index (χ2v) is 4.60. The Hall–Kier alpha value is -0.570. The van der Waals surface area contributed by atoms with Crippen LogP contribution < -0.4 is 11.1 Å². The lowest BCUT2D eigenvalue weighted by atomic mass is 10.0. The van der Waals surface area contributed by atoms with E-state index in [1.165, 1.54) is 32.1 Å². The number of nitrogens with one attached hydrogen (secondary N) is 1. The normalized spacial score (nSPS) is 19.1. The molecule has 0 aliphatic heterocycles. The zero-order chi connectivity index (χ0) is 11.1. The van der Waals surface area contributed by atoms with Crippen molar-refractivity contribution in [1.82, 2.24) is 5.32 Å². The fourth-order valence-corrected chi connectivity index (χ4v) is 2.22. The summed E-state index contributed by atoms with van der Waals surface area (Å²) in [6.45, 7) is 2.73. The predicted octanol–water partition coefficient (Wildman–Crippen LogP) is 1.81. The molecule has 15 heavy (non-hydrogen) atoms. The molecule has 3 nitrogen and oxygen atoms in total. The van der Waals surface area contributed by atoms with Gasteiger partial charge in [-0.25, -0.2) is 0 Å². The molecule has 0 aromatic carbocycles. The molecule has 0 aromatic heterocycles. The Morgan fingerprint density at radius 1 is 1.47 bits per heavy atom. The Morgan fingerprint density at radius 3 is 2.73 bits per heavy atom. The first-order valence-corrected chi connectivity index (χ1v) is 6.27. The van der Waals surface area contributed by atoms with Crippen molar-refractivity contribution >= 4 is 5.91 Å². The zero-order valence-electron chi connectivity index (χ0n) is 9.80. The third kappa shape index (κ3) is 4.65. The molecule has 1 rings (SSSR count). The number of carbonyl (C=O) groups is 1. The number of hydrogen-bond acceptors (Lipinski definition) is 2. The average molecular weight is 212 g/mol. The first-order valence-electron chi connectivity index (χ1n) is 6.27. The minimum Gasteiger partial charge on any atom is -0.355 e. The molecule has 1 atom stereocenters. The number of carbonyl (C=O) groups excluding carboxylic acids is 1. The van der Waals surface area contributed by atoms with Crippen molar-refractivity contribution in [2.24, 2.45) is 11.7 Å². The smallest absolute Gasteiger partial charge is 0.236 e. The summed E-state index contributed by atoms with van der Waals surface area (Å²) in [5.74, 6) is 0.922. The lowest BCUT2D eigenvalue weighted by Gasteiger charge is -2.11. The van der Waals surface area contributed by atoms with Crippen LogP contribution in [0.25, 0.3) is 0 Å². The highest BCUT2D eigenvalue weighted by atomic mass is 16.2. The van der Waals surface area contributed by atoms with Gasteiger partial charge in [-0.3, -0.25) is 4.79 Å². The van der Waals surface area contributed by atoms with E-state index >= 15 is 0 Å². The van der Waals surface area contributed by atoms with Crippen LogP contribution in [0.5, 0.6) is 0 Å². The van der Waals surface area contributed by atoms with Gasteiger partial charge in [0.1, 0.15) is 0 Å². The molecule has 0 heterocycles. The molecular weight excluding hydrogens is 188 g/mol. The van der Waals surface area contributed by atoms with Gasteiger partial charge in [-0.2, -0.15) is 0 Å². The van der Waals surface area contributed by atoms with Crippen molar-refractivity contribution in [3.05, 3.63) is 0 Å². The maximum absolute atomic E-state index is 11.3. The predicted molar refractivity (Wildman–Crippen MR) is 62.5 cm³/mol. The number of amides is 1. The van der Waals surface area contributed by atoms with Crippen LogP contribution in [0.1, 0.15) is 51.9 Å². The zero-order valence-corrected chi connectivity index (χ0v) is 9.80. The van der Waals surface area contributed by atoms with Gasteiger partial charge in [0, 0.05) is 6.54 Å². The standard InChI is InChI=1S/C12H24N2O/c1-2-11(13)12(15)14-9-5-8-10-6-3-4-7-10/h10-11H,2-9,13H2,1H3,(H,14,15)/t11-/m1/s1.